The summed E-state index contributed by atoms with van der Waals surface area (Å²) in [5.41, 5.74) is 2.61. The molecule has 166 valence electrons. The minimum absolute atomic E-state index is 0.153. The van der Waals surface area contributed by atoms with E-state index in [4.69, 9.17) is 16.3 Å². The molecule has 0 aliphatic heterocycles. The van der Waals surface area contributed by atoms with Gasteiger partial charge in [-0.1, -0.05) is 72.3 Å². The molecule has 2 amide bonds. The Balaban J connectivity index is 1.93. The van der Waals surface area contributed by atoms with Gasteiger partial charge in [0.15, 0.2) is 0 Å². The van der Waals surface area contributed by atoms with Crippen molar-refractivity contribution in [2.75, 3.05) is 14.2 Å². The quantitative estimate of drug-likeness (QED) is 0.529. The van der Waals surface area contributed by atoms with E-state index in [1.807, 2.05) is 72.8 Å². The molecule has 0 aliphatic rings. The predicted octanol–water partition coefficient (Wildman–Crippen LogP) is 4.28. The SMILES string of the molecule is CNC(=O)[C@@H](Cc1ccccc1)N(Cc1ccccc1Cl)C(=O)Cc1ccc(OC)cc1. The summed E-state index contributed by atoms with van der Waals surface area (Å²) in [7, 11) is 3.19. The van der Waals surface area contributed by atoms with Crippen LogP contribution in [0.1, 0.15) is 16.7 Å². The fourth-order valence-corrected chi connectivity index (χ4v) is 3.75. The van der Waals surface area contributed by atoms with E-state index < -0.39 is 6.04 Å². The maximum absolute atomic E-state index is 13.5. The van der Waals surface area contributed by atoms with Crippen molar-refractivity contribution in [3.05, 3.63) is 101 Å². The topological polar surface area (TPSA) is 58.6 Å². The van der Waals surface area contributed by atoms with E-state index in [2.05, 4.69) is 5.32 Å². The Kier molecular flexibility index (Phi) is 8.28. The van der Waals surface area contributed by atoms with E-state index in [1.54, 1.807) is 25.1 Å². The second-order valence-electron chi connectivity index (χ2n) is 7.46. The predicted molar refractivity (Wildman–Crippen MR) is 127 cm³/mol. The number of nitrogens with zero attached hydrogens (tertiary/aromatic N) is 1. The Morgan fingerprint density at radius 2 is 1.59 bits per heavy atom. The number of carbonyl (C=O) groups is 2. The van der Waals surface area contributed by atoms with Crippen molar-refractivity contribution in [1.82, 2.24) is 10.2 Å². The largest absolute Gasteiger partial charge is 0.497 e. The van der Waals surface area contributed by atoms with Crippen LogP contribution in [0.25, 0.3) is 0 Å². The second-order valence-corrected chi connectivity index (χ2v) is 7.86. The summed E-state index contributed by atoms with van der Waals surface area (Å²) in [6.45, 7) is 0.236. The highest BCUT2D eigenvalue weighted by Gasteiger charge is 2.30. The lowest BCUT2D eigenvalue weighted by molar-refractivity contribution is -0.140. The molecule has 0 heterocycles. The average Bonchev–Trinajstić information content (AvgIpc) is 2.83. The van der Waals surface area contributed by atoms with Crippen molar-refractivity contribution >= 4 is 23.4 Å². The molecule has 6 heteroatoms. The number of ether oxygens (including phenoxy) is 1. The molecule has 32 heavy (non-hydrogen) atoms. The molecule has 1 atom stereocenters. The Morgan fingerprint density at radius 3 is 2.22 bits per heavy atom. The molecule has 3 aromatic rings. The Morgan fingerprint density at radius 1 is 0.938 bits per heavy atom. The maximum Gasteiger partial charge on any atom is 0.242 e. The second kappa shape index (κ2) is 11.3. The van der Waals surface area contributed by atoms with Gasteiger partial charge in [-0.25, -0.2) is 0 Å². The first-order valence-corrected chi connectivity index (χ1v) is 10.8. The minimum Gasteiger partial charge on any atom is -0.497 e. The Bertz CT molecular complexity index is 1040. The van der Waals surface area contributed by atoms with Gasteiger partial charge < -0.3 is 15.0 Å². The van der Waals surface area contributed by atoms with Crippen molar-refractivity contribution in [1.29, 1.82) is 0 Å². The first-order valence-electron chi connectivity index (χ1n) is 10.4. The monoisotopic (exact) mass is 450 g/mol. The molecule has 0 unspecified atom stereocenters. The molecule has 0 saturated carbocycles. The summed E-state index contributed by atoms with van der Waals surface area (Å²) >= 11 is 6.39. The van der Waals surface area contributed by atoms with Crippen molar-refractivity contribution in [3.8, 4) is 5.75 Å². The summed E-state index contributed by atoms with van der Waals surface area (Å²) in [6, 6.07) is 23.7. The molecule has 0 saturated heterocycles. The van der Waals surface area contributed by atoms with E-state index in [0.717, 1.165) is 22.4 Å². The van der Waals surface area contributed by atoms with Gasteiger partial charge in [0.2, 0.25) is 11.8 Å². The normalized spacial score (nSPS) is 11.5. The fourth-order valence-electron chi connectivity index (χ4n) is 3.55. The van der Waals surface area contributed by atoms with E-state index >= 15 is 0 Å². The zero-order chi connectivity index (χ0) is 22.9. The van der Waals surface area contributed by atoms with E-state index in [1.165, 1.54) is 0 Å². The third-order valence-corrected chi connectivity index (χ3v) is 5.70. The number of rotatable bonds is 9. The van der Waals surface area contributed by atoms with Gasteiger partial charge in [-0.15, -0.1) is 0 Å². The zero-order valence-corrected chi connectivity index (χ0v) is 19.0. The van der Waals surface area contributed by atoms with E-state index in [-0.39, 0.29) is 24.8 Å². The molecule has 1 N–H and O–H groups in total. The first kappa shape index (κ1) is 23.4. The number of methoxy groups -OCH3 is 1. The molecule has 0 spiro atoms. The number of benzene rings is 3. The third kappa shape index (κ3) is 6.11. The van der Waals surface area contributed by atoms with Crippen LogP contribution in [0.15, 0.2) is 78.9 Å². The Hall–Kier alpha value is -3.31. The summed E-state index contributed by atoms with van der Waals surface area (Å²) < 4.78 is 5.20. The van der Waals surface area contributed by atoms with Gasteiger partial charge in [0.05, 0.1) is 13.5 Å². The number of amides is 2. The Labute approximate surface area is 194 Å². The smallest absolute Gasteiger partial charge is 0.242 e. The van der Waals surface area contributed by atoms with Crippen LogP contribution in [0.3, 0.4) is 0 Å². The highest BCUT2D eigenvalue weighted by Crippen LogP contribution is 2.21. The zero-order valence-electron chi connectivity index (χ0n) is 18.3. The van der Waals surface area contributed by atoms with E-state index in [9.17, 15) is 9.59 Å². The van der Waals surface area contributed by atoms with Crippen molar-refractivity contribution < 1.29 is 14.3 Å². The lowest BCUT2D eigenvalue weighted by atomic mass is 10.0. The molecule has 0 bridgehead atoms. The molecule has 0 radical (unpaired) electrons. The number of halogens is 1. The summed E-state index contributed by atoms with van der Waals surface area (Å²) in [5.74, 6) is 0.352. The number of carbonyl (C=O) groups excluding carboxylic acids is 2. The molecule has 3 aromatic carbocycles. The van der Waals surface area contributed by atoms with Gasteiger partial charge in [0, 0.05) is 25.0 Å². The van der Waals surface area contributed by atoms with Crippen molar-refractivity contribution in [2.24, 2.45) is 0 Å². The molecule has 3 rings (SSSR count). The van der Waals surface area contributed by atoms with Crippen LogP contribution in [-0.2, 0) is 29.0 Å². The van der Waals surface area contributed by atoms with Crippen LogP contribution in [0.4, 0.5) is 0 Å². The van der Waals surface area contributed by atoms with Crippen LogP contribution in [-0.4, -0.2) is 36.9 Å². The fraction of sp³-hybridized carbons (Fsp3) is 0.231. The van der Waals surface area contributed by atoms with Gasteiger partial charge in [-0.2, -0.15) is 0 Å². The van der Waals surface area contributed by atoms with Gasteiger partial charge >= 0.3 is 0 Å². The number of likely N-dealkylation sites (N-methyl/N-ethyl adjacent to an activating group) is 1. The maximum atomic E-state index is 13.5. The number of hydrogen-bond donors (Lipinski definition) is 1. The van der Waals surface area contributed by atoms with Crippen LogP contribution in [0, 0.1) is 0 Å². The molecule has 0 fully saturated rings. The molecular formula is C26H27ClN2O3. The lowest BCUT2D eigenvalue weighted by Gasteiger charge is -2.31. The highest BCUT2D eigenvalue weighted by atomic mass is 35.5. The molecule has 0 aromatic heterocycles. The third-order valence-electron chi connectivity index (χ3n) is 5.33. The van der Waals surface area contributed by atoms with Gasteiger partial charge in [0.25, 0.3) is 0 Å². The number of hydrogen-bond acceptors (Lipinski definition) is 3. The summed E-state index contributed by atoms with van der Waals surface area (Å²) in [4.78, 5) is 28.0. The van der Waals surface area contributed by atoms with Gasteiger partial charge in [-0.3, -0.25) is 9.59 Å². The van der Waals surface area contributed by atoms with Crippen LogP contribution in [0.5, 0.6) is 5.75 Å². The lowest BCUT2D eigenvalue weighted by Crippen LogP contribution is -2.50. The molecule has 0 aliphatic carbocycles. The minimum atomic E-state index is -0.676. The molecular weight excluding hydrogens is 424 g/mol. The highest BCUT2D eigenvalue weighted by molar-refractivity contribution is 6.31. The van der Waals surface area contributed by atoms with Crippen molar-refractivity contribution in [3.63, 3.8) is 0 Å². The van der Waals surface area contributed by atoms with Gasteiger partial charge in [0.1, 0.15) is 11.8 Å². The van der Waals surface area contributed by atoms with Crippen molar-refractivity contribution in [2.45, 2.75) is 25.4 Å². The molecule has 5 nitrogen and oxygen atoms in total. The van der Waals surface area contributed by atoms with Crippen LogP contribution < -0.4 is 10.1 Å². The average molecular weight is 451 g/mol. The van der Waals surface area contributed by atoms with Gasteiger partial charge in [-0.05, 0) is 34.9 Å². The number of nitrogens with one attached hydrogen (secondary N) is 1. The first-order chi connectivity index (χ1) is 15.5. The van der Waals surface area contributed by atoms with E-state index in [0.29, 0.717) is 11.4 Å². The standard InChI is InChI=1S/C26H27ClN2O3/c1-28-26(31)24(16-19-8-4-3-5-9-19)29(18-21-10-6-7-11-23(21)27)25(30)17-20-12-14-22(32-2)15-13-20/h3-15,24H,16-18H2,1-2H3,(H,28,31)/t24-/m1/s1. The summed E-state index contributed by atoms with van der Waals surface area (Å²) in [6.07, 6.45) is 0.566. The summed E-state index contributed by atoms with van der Waals surface area (Å²) in [5, 5.41) is 3.28. The van der Waals surface area contributed by atoms with Crippen LogP contribution >= 0.6 is 11.6 Å². The van der Waals surface area contributed by atoms with Crippen LogP contribution in [0.2, 0.25) is 5.02 Å².